The van der Waals surface area contributed by atoms with E-state index in [9.17, 15) is 4.79 Å². The monoisotopic (exact) mass is 310 g/mol. The first-order valence-corrected chi connectivity index (χ1v) is 10.7. The van der Waals surface area contributed by atoms with Gasteiger partial charge in [-0.2, -0.15) is 24.7 Å². The van der Waals surface area contributed by atoms with E-state index in [4.69, 9.17) is 16.3 Å². The minimum atomic E-state index is -1.07. The molecule has 6 heteroatoms. The number of fused-ring (bicyclic) bond motifs is 1. The van der Waals surface area contributed by atoms with Crippen molar-refractivity contribution in [3.05, 3.63) is 28.9 Å². The highest BCUT2D eigenvalue weighted by atomic mass is 35.5. The van der Waals surface area contributed by atoms with Gasteiger partial charge in [-0.15, -0.1) is 14.1 Å². The average Bonchev–Trinajstić information content (AvgIpc) is 2.75. The lowest BCUT2D eigenvalue weighted by atomic mass is 10.2. The van der Waals surface area contributed by atoms with Crippen molar-refractivity contribution >= 4 is 36.9 Å². The van der Waals surface area contributed by atoms with Crippen LogP contribution in [0.25, 0.3) is 10.9 Å². The number of hydrogen-bond donors (Lipinski definition) is 0. The van der Waals surface area contributed by atoms with Gasteiger partial charge >= 0.3 is 0 Å². The van der Waals surface area contributed by atoms with Crippen LogP contribution >= 0.6 is 11.6 Å². The largest absolute Gasteiger partial charge is 0.362 e. The first-order valence-electron chi connectivity index (χ1n) is 6.59. The maximum Gasteiger partial charge on any atom is 0.152 e. The molecule has 0 N–H and O–H groups in total. The first kappa shape index (κ1) is 15.2. The van der Waals surface area contributed by atoms with Gasteiger partial charge < -0.3 is 4.74 Å². The van der Waals surface area contributed by atoms with Gasteiger partial charge in [-0.1, -0.05) is 11.6 Å². The molecule has 109 valence electrons. The van der Waals surface area contributed by atoms with Gasteiger partial charge in [0.05, 0.1) is 0 Å². The number of benzene rings is 1. The second-order valence-corrected chi connectivity index (χ2v) is 12.1. The maximum atomic E-state index is 11.0. The summed E-state index contributed by atoms with van der Waals surface area (Å²) in [5, 5.41) is 5.77. The van der Waals surface area contributed by atoms with Gasteiger partial charge in [0.2, 0.25) is 0 Å². The van der Waals surface area contributed by atoms with Crippen LogP contribution in [0.3, 0.4) is 0 Å². The number of halogens is 1. The highest BCUT2D eigenvalue weighted by molar-refractivity contribution is 6.76. The quantitative estimate of drug-likeness (QED) is 0.463. The molecule has 1 aromatic carbocycles. The van der Waals surface area contributed by atoms with Crippen LogP contribution in [-0.4, -0.2) is 30.7 Å². The Morgan fingerprint density at radius 2 is 2.15 bits per heavy atom. The normalized spacial score (nSPS) is 12.0. The van der Waals surface area contributed by atoms with Gasteiger partial charge in [0.15, 0.2) is 6.29 Å². The number of carbonyl (C=O) groups is 1. The molecule has 0 unspecified atom stereocenters. The van der Waals surface area contributed by atoms with Gasteiger partial charge in [0.1, 0.15) is 12.2 Å². The van der Waals surface area contributed by atoms with E-state index in [2.05, 4.69) is 24.7 Å². The molecule has 0 spiro atoms. The summed E-state index contributed by atoms with van der Waals surface area (Å²) in [5.41, 5.74) is 1.17. The van der Waals surface area contributed by atoms with Crippen molar-refractivity contribution in [2.45, 2.75) is 32.4 Å². The molecule has 20 heavy (non-hydrogen) atoms. The van der Waals surface area contributed by atoms with E-state index in [1.54, 1.807) is 16.8 Å². The van der Waals surface area contributed by atoms with Gasteiger partial charge in [-0.3, -0.25) is 4.79 Å². The molecule has 0 aliphatic rings. The Hall–Kier alpha value is -1.17. The van der Waals surface area contributed by atoms with Crippen LogP contribution in [0.15, 0.2) is 18.3 Å². The number of nitrogens with zero attached hydrogens (tertiary/aromatic N) is 2. The molecule has 0 bridgehead atoms. The van der Waals surface area contributed by atoms with Crippen molar-refractivity contribution in [2.24, 2.45) is 0 Å². The molecule has 2 aromatic rings. The highest BCUT2D eigenvalue weighted by Gasteiger charge is 2.08. The number of rotatable bonds is 6. The number of aromatic nitrogens is 2. The molecular formula is C14H19ClN2O2Si-. The zero-order chi connectivity index (χ0) is 14.8. The molecule has 0 aliphatic carbocycles. The lowest BCUT2D eigenvalue weighted by Gasteiger charge is -2.26. The summed E-state index contributed by atoms with van der Waals surface area (Å²) in [6.45, 7) is 8.09. The maximum absolute atomic E-state index is 11.0. The molecule has 0 atom stereocenters. The molecule has 0 saturated carbocycles. The van der Waals surface area contributed by atoms with Crippen LogP contribution in [0.2, 0.25) is 30.7 Å². The lowest BCUT2D eigenvalue weighted by Crippen LogP contribution is -2.22. The standard InChI is InChI=1S/C14H19ClN2O2Si/c1-20(2,3)5-4-19-10-17-8-11-6-13(15)7-12(9-18)14(11)16-17/h6-9H,4-5,10H2,1-3H3/q-1. The fraction of sp³-hybridized carbons (Fsp3) is 0.429. The summed E-state index contributed by atoms with van der Waals surface area (Å²) in [5.74, 6) is 0. The van der Waals surface area contributed by atoms with Crippen molar-refractivity contribution < 1.29 is 9.53 Å². The van der Waals surface area contributed by atoms with E-state index in [1.807, 2.05) is 6.20 Å². The van der Waals surface area contributed by atoms with Crippen molar-refractivity contribution in [1.82, 2.24) is 9.78 Å². The predicted octanol–water partition coefficient (Wildman–Crippen LogP) is 3.81. The molecule has 0 saturated heterocycles. The smallest absolute Gasteiger partial charge is 0.152 e. The average molecular weight is 311 g/mol. The Morgan fingerprint density at radius 3 is 2.80 bits per heavy atom. The Bertz CT molecular complexity index is 619. The Morgan fingerprint density at radius 1 is 1.40 bits per heavy atom. The van der Waals surface area contributed by atoms with Gasteiger partial charge in [-0.05, 0) is 12.1 Å². The van der Waals surface area contributed by atoms with E-state index in [0.717, 1.165) is 24.3 Å². The first-order chi connectivity index (χ1) is 9.39. The zero-order valence-electron chi connectivity index (χ0n) is 12.0. The Kier molecular flexibility index (Phi) is 4.62. The van der Waals surface area contributed by atoms with Crippen LogP contribution in [0.4, 0.5) is 0 Å². The topological polar surface area (TPSA) is 44.1 Å². The summed E-state index contributed by atoms with van der Waals surface area (Å²) in [6, 6.07) is 4.55. The minimum Gasteiger partial charge on any atom is -0.362 e. The van der Waals surface area contributed by atoms with E-state index in [1.165, 1.54) is 0 Å². The molecular weight excluding hydrogens is 292 g/mol. The van der Waals surface area contributed by atoms with Crippen LogP contribution in [-0.2, 0) is 11.5 Å². The number of ether oxygens (including phenoxy) is 1. The number of aldehydes is 1. The zero-order valence-corrected chi connectivity index (χ0v) is 13.8. The number of carbonyl (C=O) groups excluding carboxylic acids is 1. The number of hydrogen-bond acceptors (Lipinski definition) is 3. The van der Waals surface area contributed by atoms with Crippen molar-refractivity contribution in [3.8, 4) is 0 Å². The fourth-order valence-corrected chi connectivity index (χ4v) is 2.86. The van der Waals surface area contributed by atoms with E-state index >= 15 is 0 Å². The summed E-state index contributed by atoms with van der Waals surface area (Å²) < 4.78 is 7.35. The summed E-state index contributed by atoms with van der Waals surface area (Å²) in [7, 11) is -1.07. The third-order valence-corrected chi connectivity index (χ3v) is 4.92. The van der Waals surface area contributed by atoms with Crippen LogP contribution in [0.5, 0.6) is 0 Å². The molecule has 1 heterocycles. The van der Waals surface area contributed by atoms with Gasteiger partial charge in [-0.25, -0.2) is 4.68 Å². The summed E-state index contributed by atoms with van der Waals surface area (Å²) in [6.07, 6.45) is 2.63. The Balaban J connectivity index is 2.07. The third kappa shape index (κ3) is 3.91. The van der Waals surface area contributed by atoms with Gasteiger partial charge in [0, 0.05) is 28.8 Å². The Labute approximate surface area is 124 Å². The van der Waals surface area contributed by atoms with Crippen molar-refractivity contribution in [3.63, 3.8) is 0 Å². The van der Waals surface area contributed by atoms with Crippen LogP contribution in [0.1, 0.15) is 10.4 Å². The second-order valence-electron chi connectivity index (χ2n) is 6.07. The molecule has 4 nitrogen and oxygen atoms in total. The van der Waals surface area contributed by atoms with Crippen molar-refractivity contribution in [2.75, 3.05) is 6.61 Å². The van der Waals surface area contributed by atoms with E-state index in [-0.39, 0.29) is 0 Å². The van der Waals surface area contributed by atoms with Crippen LogP contribution < -0.4 is 0 Å². The van der Waals surface area contributed by atoms with Crippen LogP contribution in [0, 0.1) is 0 Å². The van der Waals surface area contributed by atoms with E-state index < -0.39 is 8.07 Å². The molecule has 0 aliphatic heterocycles. The molecule has 0 fully saturated rings. The molecule has 0 amide bonds. The lowest BCUT2D eigenvalue weighted by molar-refractivity contribution is 0.0790. The molecule has 1 aromatic heterocycles. The molecule has 0 radical (unpaired) electrons. The predicted molar refractivity (Wildman–Crippen MR) is 84.2 cm³/mol. The molecule has 2 rings (SSSR count). The fourth-order valence-electron chi connectivity index (χ4n) is 1.87. The van der Waals surface area contributed by atoms with Gasteiger partial charge in [0.25, 0.3) is 0 Å². The third-order valence-electron chi connectivity index (χ3n) is 3.00. The highest BCUT2D eigenvalue weighted by Crippen LogP contribution is 2.21. The minimum absolute atomic E-state index is 0.398. The summed E-state index contributed by atoms with van der Waals surface area (Å²) in [4.78, 5) is 11.0. The van der Waals surface area contributed by atoms with Crippen molar-refractivity contribution in [1.29, 1.82) is 0 Å². The SMILES string of the molecule is C[Si-](C)(C)CCOCn1cc2cc(Cl)cc(C=O)c2n1. The second kappa shape index (κ2) is 6.07. The van der Waals surface area contributed by atoms with E-state index in [0.29, 0.717) is 22.8 Å². The summed E-state index contributed by atoms with van der Waals surface area (Å²) >= 11 is 5.97.